The van der Waals surface area contributed by atoms with Crippen LogP contribution in [0.2, 0.25) is 0 Å². The fraction of sp³-hybridized carbons (Fsp3) is 0.250. The fourth-order valence-electron chi connectivity index (χ4n) is 1.06. The molecule has 3 N–H and O–H groups in total. The van der Waals surface area contributed by atoms with E-state index in [1.807, 2.05) is 0 Å². The molecule has 0 bridgehead atoms. The zero-order valence-corrected chi connectivity index (χ0v) is 8.00. The molecule has 1 aromatic rings. The lowest BCUT2D eigenvalue weighted by Crippen LogP contribution is -2.14. The third-order valence-electron chi connectivity index (χ3n) is 1.70. The van der Waals surface area contributed by atoms with E-state index in [1.54, 1.807) is 19.1 Å². The van der Waals surface area contributed by atoms with E-state index in [1.165, 1.54) is 6.07 Å². The monoisotopic (exact) mass is 201 g/mol. The van der Waals surface area contributed by atoms with Gasteiger partial charge in [-0.15, -0.1) is 0 Å². The minimum Gasteiger partial charge on any atom is -0.392 e. The molecule has 0 saturated carbocycles. The highest BCUT2D eigenvalue weighted by molar-refractivity contribution is 7.89. The molecule has 1 aromatic carbocycles. The van der Waals surface area contributed by atoms with E-state index in [0.29, 0.717) is 5.56 Å². The van der Waals surface area contributed by atoms with Crippen molar-refractivity contribution in [1.29, 1.82) is 0 Å². The lowest BCUT2D eigenvalue weighted by Gasteiger charge is -2.05. The molecule has 0 radical (unpaired) electrons. The second-order valence-electron chi connectivity index (χ2n) is 2.81. The summed E-state index contributed by atoms with van der Waals surface area (Å²) in [6.45, 7) is 1.43. The van der Waals surface area contributed by atoms with E-state index in [2.05, 4.69) is 0 Å². The number of aliphatic hydroxyl groups is 1. The molecule has 0 aromatic heterocycles. The fourth-order valence-corrected chi connectivity index (χ4v) is 1.91. The zero-order chi connectivity index (χ0) is 10.1. The van der Waals surface area contributed by atoms with Gasteiger partial charge in [0, 0.05) is 0 Å². The molecular weight excluding hydrogens is 190 g/mol. The first kappa shape index (κ1) is 10.2. The number of hydrogen-bond donors (Lipinski definition) is 2. The van der Waals surface area contributed by atoms with E-state index in [9.17, 15) is 8.42 Å². The van der Waals surface area contributed by atoms with Crippen LogP contribution in [0.4, 0.5) is 0 Å². The summed E-state index contributed by atoms with van der Waals surface area (Å²) >= 11 is 0. The second kappa shape index (κ2) is 3.45. The molecule has 0 spiro atoms. The Labute approximate surface area is 77.1 Å². The molecule has 0 unspecified atom stereocenters. The summed E-state index contributed by atoms with van der Waals surface area (Å²) in [7, 11) is -3.73. The quantitative estimate of drug-likeness (QED) is 0.714. The van der Waals surface area contributed by atoms with Crippen molar-refractivity contribution >= 4 is 10.0 Å². The number of hydrogen-bond acceptors (Lipinski definition) is 3. The molecule has 0 aliphatic heterocycles. The lowest BCUT2D eigenvalue weighted by molar-refractivity contribution is 0.278. The molecule has 5 heteroatoms. The number of primary sulfonamides is 1. The number of sulfonamides is 1. The summed E-state index contributed by atoms with van der Waals surface area (Å²) in [5.74, 6) is 0. The molecule has 72 valence electrons. The first-order valence-corrected chi connectivity index (χ1v) is 5.23. The van der Waals surface area contributed by atoms with Crippen molar-refractivity contribution < 1.29 is 13.5 Å². The molecule has 0 aliphatic carbocycles. The summed E-state index contributed by atoms with van der Waals surface area (Å²) in [5, 5.41) is 13.8. The van der Waals surface area contributed by atoms with Crippen LogP contribution in [-0.4, -0.2) is 13.5 Å². The topological polar surface area (TPSA) is 80.4 Å². The smallest absolute Gasteiger partial charge is 0.238 e. The highest BCUT2D eigenvalue weighted by atomic mass is 32.2. The van der Waals surface area contributed by atoms with E-state index in [4.69, 9.17) is 10.2 Å². The largest absolute Gasteiger partial charge is 0.392 e. The van der Waals surface area contributed by atoms with Gasteiger partial charge in [0.15, 0.2) is 0 Å². The number of aliphatic hydroxyl groups excluding tert-OH is 1. The maximum absolute atomic E-state index is 11.0. The third-order valence-corrected chi connectivity index (χ3v) is 2.69. The van der Waals surface area contributed by atoms with Gasteiger partial charge in [-0.3, -0.25) is 0 Å². The maximum Gasteiger partial charge on any atom is 0.238 e. The highest BCUT2D eigenvalue weighted by Crippen LogP contribution is 2.15. The molecule has 1 rings (SSSR count). The standard InChI is InChI=1S/C8H11NO3S/c1-6-2-3-7(5-10)8(4-6)13(9,11)12/h2-4,10H,5H2,1H3,(H2,9,11,12). The predicted molar refractivity (Wildman–Crippen MR) is 48.5 cm³/mol. The Hall–Kier alpha value is -0.910. The zero-order valence-electron chi connectivity index (χ0n) is 7.19. The van der Waals surface area contributed by atoms with Crippen LogP contribution < -0.4 is 5.14 Å². The van der Waals surface area contributed by atoms with Crippen molar-refractivity contribution in [2.24, 2.45) is 5.14 Å². The first-order chi connectivity index (χ1) is 5.95. The van der Waals surface area contributed by atoms with Gasteiger partial charge in [-0.1, -0.05) is 12.1 Å². The van der Waals surface area contributed by atoms with Crippen LogP contribution in [0.25, 0.3) is 0 Å². The summed E-state index contributed by atoms with van der Waals surface area (Å²) in [5.41, 5.74) is 1.12. The number of benzene rings is 1. The molecule has 13 heavy (non-hydrogen) atoms. The van der Waals surface area contributed by atoms with E-state index in [0.717, 1.165) is 5.56 Å². The summed E-state index contributed by atoms with van der Waals surface area (Å²) in [6, 6.07) is 4.72. The molecule has 0 amide bonds. The van der Waals surface area contributed by atoms with Crippen molar-refractivity contribution in [3.8, 4) is 0 Å². The first-order valence-electron chi connectivity index (χ1n) is 3.68. The van der Waals surface area contributed by atoms with Crippen molar-refractivity contribution in [1.82, 2.24) is 0 Å². The predicted octanol–water partition coefficient (Wildman–Crippen LogP) is 0.135. The van der Waals surface area contributed by atoms with Crippen LogP contribution in [0, 0.1) is 6.92 Å². The van der Waals surface area contributed by atoms with Crippen LogP contribution in [-0.2, 0) is 16.6 Å². The van der Waals surface area contributed by atoms with Crippen molar-refractivity contribution in [2.45, 2.75) is 18.4 Å². The lowest BCUT2D eigenvalue weighted by atomic mass is 10.2. The molecule has 0 saturated heterocycles. The van der Waals surface area contributed by atoms with Gasteiger partial charge in [-0.25, -0.2) is 13.6 Å². The minimum absolute atomic E-state index is 0.00463. The normalized spacial score (nSPS) is 11.6. The number of rotatable bonds is 2. The van der Waals surface area contributed by atoms with Gasteiger partial charge in [0.2, 0.25) is 10.0 Å². The Morgan fingerprint density at radius 3 is 2.54 bits per heavy atom. The Morgan fingerprint density at radius 2 is 2.08 bits per heavy atom. The summed E-state index contributed by atoms with van der Waals surface area (Å²) < 4.78 is 22.1. The van der Waals surface area contributed by atoms with Crippen LogP contribution in [0.3, 0.4) is 0 Å². The van der Waals surface area contributed by atoms with Gasteiger partial charge < -0.3 is 5.11 Å². The average molecular weight is 201 g/mol. The van der Waals surface area contributed by atoms with Crippen molar-refractivity contribution in [3.05, 3.63) is 29.3 Å². The van der Waals surface area contributed by atoms with Crippen LogP contribution >= 0.6 is 0 Å². The highest BCUT2D eigenvalue weighted by Gasteiger charge is 2.12. The van der Waals surface area contributed by atoms with Gasteiger partial charge in [0.1, 0.15) is 0 Å². The molecule has 0 heterocycles. The van der Waals surface area contributed by atoms with Crippen molar-refractivity contribution in [3.63, 3.8) is 0 Å². The molecule has 0 atom stereocenters. The van der Waals surface area contributed by atoms with Gasteiger partial charge in [0.05, 0.1) is 11.5 Å². The average Bonchev–Trinajstić information content (AvgIpc) is 2.03. The Morgan fingerprint density at radius 1 is 1.46 bits per heavy atom. The third kappa shape index (κ3) is 2.27. The Balaban J connectivity index is 3.41. The van der Waals surface area contributed by atoms with Crippen LogP contribution in [0.5, 0.6) is 0 Å². The van der Waals surface area contributed by atoms with Crippen molar-refractivity contribution in [2.75, 3.05) is 0 Å². The maximum atomic E-state index is 11.0. The number of aryl methyl sites for hydroxylation is 1. The Bertz CT molecular complexity index is 411. The van der Waals surface area contributed by atoms with Gasteiger partial charge >= 0.3 is 0 Å². The minimum atomic E-state index is -3.73. The second-order valence-corrected chi connectivity index (χ2v) is 4.34. The van der Waals surface area contributed by atoms with Gasteiger partial charge in [-0.2, -0.15) is 0 Å². The molecular formula is C8H11NO3S. The van der Waals surface area contributed by atoms with Crippen LogP contribution in [0.15, 0.2) is 23.1 Å². The van der Waals surface area contributed by atoms with E-state index < -0.39 is 10.0 Å². The van der Waals surface area contributed by atoms with Gasteiger partial charge in [-0.05, 0) is 24.1 Å². The van der Waals surface area contributed by atoms with E-state index in [-0.39, 0.29) is 11.5 Å². The number of nitrogens with two attached hydrogens (primary N) is 1. The van der Waals surface area contributed by atoms with Gasteiger partial charge in [0.25, 0.3) is 0 Å². The molecule has 0 aliphatic rings. The summed E-state index contributed by atoms with van der Waals surface area (Å²) in [4.78, 5) is -0.00463. The van der Waals surface area contributed by atoms with E-state index >= 15 is 0 Å². The molecule has 4 nitrogen and oxygen atoms in total. The summed E-state index contributed by atoms with van der Waals surface area (Å²) in [6.07, 6.45) is 0. The van der Waals surface area contributed by atoms with Crippen LogP contribution in [0.1, 0.15) is 11.1 Å². The SMILES string of the molecule is Cc1ccc(CO)c(S(N)(=O)=O)c1. The molecule has 0 fully saturated rings. The Kier molecular flexibility index (Phi) is 2.70.